The van der Waals surface area contributed by atoms with Gasteiger partial charge in [-0.1, -0.05) is 40.9 Å². The molecule has 0 bridgehead atoms. The predicted molar refractivity (Wildman–Crippen MR) is 71.9 cm³/mol. The lowest BCUT2D eigenvalue weighted by atomic mass is 10.0. The average Bonchev–Trinajstić information content (AvgIpc) is 2.27. The lowest BCUT2D eigenvalue weighted by molar-refractivity contribution is 0.151. The summed E-state index contributed by atoms with van der Waals surface area (Å²) in [5.41, 5.74) is 1.07. The number of benzene rings is 2. The van der Waals surface area contributed by atoms with Gasteiger partial charge < -0.3 is 0 Å². The fourth-order valence-electron chi connectivity index (χ4n) is 1.61. The van der Waals surface area contributed by atoms with Gasteiger partial charge in [0.25, 0.3) is 6.43 Å². The summed E-state index contributed by atoms with van der Waals surface area (Å²) in [6.07, 6.45) is -2.62. The molecule has 0 unspecified atom stereocenters. The van der Waals surface area contributed by atoms with Crippen molar-refractivity contribution in [3.63, 3.8) is 0 Å². The molecule has 0 spiro atoms. The smallest absolute Gasteiger partial charge is 0.205 e. The number of rotatable bonds is 2. The van der Waals surface area contributed by atoms with Crippen molar-refractivity contribution in [2.75, 3.05) is 0 Å². The average molecular weight is 308 g/mol. The summed E-state index contributed by atoms with van der Waals surface area (Å²) >= 11 is 17.5. The Labute approximate surface area is 118 Å². The van der Waals surface area contributed by atoms with Gasteiger partial charge in [0, 0.05) is 20.6 Å². The maximum atomic E-state index is 12.7. The minimum atomic E-state index is -2.62. The third-order valence-corrected chi connectivity index (χ3v) is 3.21. The molecule has 2 aromatic carbocycles. The van der Waals surface area contributed by atoms with Crippen LogP contribution in [0, 0.1) is 0 Å². The molecule has 5 heteroatoms. The van der Waals surface area contributed by atoms with E-state index in [-0.39, 0.29) is 10.6 Å². The Bertz CT molecular complexity index is 562. The second-order valence-corrected chi connectivity index (χ2v) is 4.98. The van der Waals surface area contributed by atoms with Crippen molar-refractivity contribution in [3.8, 4) is 11.1 Å². The molecule has 0 amide bonds. The molecule has 0 heterocycles. The van der Waals surface area contributed by atoms with Crippen LogP contribution in [0.1, 0.15) is 12.0 Å². The van der Waals surface area contributed by atoms with E-state index in [9.17, 15) is 8.78 Å². The van der Waals surface area contributed by atoms with E-state index in [0.717, 1.165) is 0 Å². The van der Waals surface area contributed by atoms with E-state index >= 15 is 0 Å². The molecule has 0 aliphatic rings. The van der Waals surface area contributed by atoms with E-state index in [1.165, 1.54) is 12.1 Å². The number of halogens is 5. The van der Waals surface area contributed by atoms with Crippen molar-refractivity contribution in [1.29, 1.82) is 0 Å². The predicted octanol–water partition coefficient (Wildman–Crippen LogP) is 6.25. The number of hydrogen-bond acceptors (Lipinski definition) is 0. The second-order valence-electron chi connectivity index (χ2n) is 3.70. The summed E-state index contributed by atoms with van der Waals surface area (Å²) in [5, 5.41) is 0.943. The minimum absolute atomic E-state index is 0.0434. The molecule has 2 aromatic rings. The molecule has 0 saturated carbocycles. The zero-order chi connectivity index (χ0) is 13.3. The van der Waals surface area contributed by atoms with Gasteiger partial charge in [-0.3, -0.25) is 0 Å². The molecule has 0 aliphatic heterocycles. The van der Waals surface area contributed by atoms with Crippen LogP contribution >= 0.6 is 34.8 Å². The first-order valence-corrected chi connectivity index (χ1v) is 6.15. The van der Waals surface area contributed by atoms with Gasteiger partial charge in [-0.2, -0.15) is 0 Å². The van der Waals surface area contributed by atoms with Crippen LogP contribution in [0.2, 0.25) is 15.1 Å². The van der Waals surface area contributed by atoms with Crippen molar-refractivity contribution < 1.29 is 8.78 Å². The van der Waals surface area contributed by atoms with Crippen LogP contribution < -0.4 is 0 Å². The first-order valence-electron chi connectivity index (χ1n) is 5.01. The Balaban J connectivity index is 2.54. The van der Waals surface area contributed by atoms with Crippen molar-refractivity contribution >= 4 is 34.8 Å². The fourth-order valence-corrected chi connectivity index (χ4v) is 2.34. The number of hydrogen-bond donors (Lipinski definition) is 0. The highest BCUT2D eigenvalue weighted by molar-refractivity contribution is 6.35. The van der Waals surface area contributed by atoms with Gasteiger partial charge in [-0.05, 0) is 41.5 Å². The van der Waals surface area contributed by atoms with Gasteiger partial charge in [0.05, 0.1) is 0 Å². The topological polar surface area (TPSA) is 0 Å². The zero-order valence-electron chi connectivity index (χ0n) is 8.93. The summed E-state index contributed by atoms with van der Waals surface area (Å²) in [5.74, 6) is 0. The molecule has 0 aliphatic carbocycles. The van der Waals surface area contributed by atoms with Crippen LogP contribution in [0.15, 0.2) is 36.4 Å². The van der Waals surface area contributed by atoms with Gasteiger partial charge in [-0.25, -0.2) is 8.78 Å². The van der Waals surface area contributed by atoms with Crippen LogP contribution in [-0.4, -0.2) is 0 Å². The molecule has 0 atom stereocenters. The molecule has 2 rings (SSSR count). The molecule has 0 aromatic heterocycles. The first-order chi connectivity index (χ1) is 8.47. The van der Waals surface area contributed by atoms with Crippen LogP contribution in [0.3, 0.4) is 0 Å². The molecule has 0 nitrogen and oxygen atoms in total. The highest BCUT2D eigenvalue weighted by Gasteiger charge is 2.13. The quantitative estimate of drug-likeness (QED) is 0.615. The molecule has 94 valence electrons. The van der Waals surface area contributed by atoms with E-state index in [4.69, 9.17) is 34.8 Å². The molecule has 0 fully saturated rings. The molecule has 0 saturated heterocycles. The molecule has 0 N–H and O–H groups in total. The summed E-state index contributed by atoms with van der Waals surface area (Å²) in [6, 6.07) is 9.33. The molecular formula is C13H7Cl3F2. The van der Waals surface area contributed by atoms with E-state index in [2.05, 4.69) is 0 Å². The Kier molecular flexibility index (Phi) is 4.10. The Morgan fingerprint density at radius 2 is 1.39 bits per heavy atom. The van der Waals surface area contributed by atoms with Gasteiger partial charge in [0.1, 0.15) is 0 Å². The van der Waals surface area contributed by atoms with Crippen LogP contribution in [-0.2, 0) is 0 Å². The highest BCUT2D eigenvalue weighted by atomic mass is 35.5. The fraction of sp³-hybridized carbons (Fsp3) is 0.0769. The van der Waals surface area contributed by atoms with E-state index < -0.39 is 6.43 Å². The Hall–Kier alpha value is -0.830. The summed E-state index contributed by atoms with van der Waals surface area (Å²) in [7, 11) is 0. The first kappa shape index (κ1) is 13.6. The largest absolute Gasteiger partial charge is 0.265 e. The van der Waals surface area contributed by atoms with E-state index in [1.807, 2.05) is 0 Å². The van der Waals surface area contributed by atoms with Crippen molar-refractivity contribution in [2.24, 2.45) is 0 Å². The van der Waals surface area contributed by atoms with Gasteiger partial charge in [0.2, 0.25) is 0 Å². The molecule has 0 radical (unpaired) electrons. The normalized spacial score (nSPS) is 11.0. The minimum Gasteiger partial charge on any atom is -0.205 e. The lowest BCUT2D eigenvalue weighted by Gasteiger charge is -2.08. The van der Waals surface area contributed by atoms with Crippen molar-refractivity contribution in [3.05, 3.63) is 57.0 Å². The maximum Gasteiger partial charge on any atom is 0.265 e. The van der Waals surface area contributed by atoms with Crippen LogP contribution in [0.4, 0.5) is 8.78 Å². The molecular weight excluding hydrogens is 300 g/mol. The monoisotopic (exact) mass is 306 g/mol. The van der Waals surface area contributed by atoms with Gasteiger partial charge >= 0.3 is 0 Å². The van der Waals surface area contributed by atoms with Gasteiger partial charge in [-0.15, -0.1) is 0 Å². The SMILES string of the molecule is FC(F)c1cc(-c2cc(Cl)cc(Cl)c2)ccc1Cl. The van der Waals surface area contributed by atoms with E-state index in [0.29, 0.717) is 21.2 Å². The van der Waals surface area contributed by atoms with Crippen molar-refractivity contribution in [1.82, 2.24) is 0 Å². The third kappa shape index (κ3) is 2.94. The standard InChI is InChI=1S/C13H7Cl3F2/c14-9-3-8(4-10(15)6-9)7-1-2-12(16)11(5-7)13(17)18/h1-6,13H. The summed E-state index contributed by atoms with van der Waals surface area (Å²) in [6.45, 7) is 0. The maximum absolute atomic E-state index is 12.7. The summed E-state index contributed by atoms with van der Waals surface area (Å²) < 4.78 is 25.5. The van der Waals surface area contributed by atoms with Crippen LogP contribution in [0.5, 0.6) is 0 Å². The Morgan fingerprint density at radius 3 is 1.94 bits per heavy atom. The van der Waals surface area contributed by atoms with Crippen LogP contribution in [0.25, 0.3) is 11.1 Å². The van der Waals surface area contributed by atoms with E-state index in [1.54, 1.807) is 24.3 Å². The lowest BCUT2D eigenvalue weighted by Crippen LogP contribution is -1.88. The van der Waals surface area contributed by atoms with Crippen molar-refractivity contribution in [2.45, 2.75) is 6.43 Å². The Morgan fingerprint density at radius 1 is 0.778 bits per heavy atom. The van der Waals surface area contributed by atoms with Gasteiger partial charge in [0.15, 0.2) is 0 Å². The second kappa shape index (κ2) is 5.43. The summed E-state index contributed by atoms with van der Waals surface area (Å²) in [4.78, 5) is 0. The zero-order valence-corrected chi connectivity index (χ0v) is 11.2. The third-order valence-electron chi connectivity index (χ3n) is 2.43. The number of alkyl halides is 2. The highest BCUT2D eigenvalue weighted by Crippen LogP contribution is 2.33. The molecule has 18 heavy (non-hydrogen) atoms.